The minimum Gasteiger partial charge on any atom is -0.339 e. The summed E-state index contributed by atoms with van der Waals surface area (Å²) in [6, 6.07) is 1.83. The van der Waals surface area contributed by atoms with E-state index in [0.29, 0.717) is 17.7 Å². The SMILES string of the molecule is O=C([C@H]1C[C@H]2C=C[C@H]1C2)N1CCN(c2ncccn2)CC1. The van der Waals surface area contributed by atoms with E-state index < -0.39 is 0 Å². The summed E-state index contributed by atoms with van der Waals surface area (Å²) in [5, 5.41) is 0. The van der Waals surface area contributed by atoms with Crippen LogP contribution in [0.5, 0.6) is 0 Å². The Morgan fingerprint density at radius 2 is 1.81 bits per heavy atom. The quantitative estimate of drug-likeness (QED) is 0.769. The maximum absolute atomic E-state index is 12.7. The lowest BCUT2D eigenvalue weighted by Gasteiger charge is -2.36. The number of piperazine rings is 1. The molecular formula is C16H20N4O. The van der Waals surface area contributed by atoms with Gasteiger partial charge in [-0.3, -0.25) is 4.79 Å². The molecule has 110 valence electrons. The Morgan fingerprint density at radius 1 is 1.05 bits per heavy atom. The zero-order valence-corrected chi connectivity index (χ0v) is 12.1. The first kappa shape index (κ1) is 12.8. The molecule has 1 saturated carbocycles. The number of carbonyl (C=O) groups is 1. The predicted molar refractivity (Wildman–Crippen MR) is 79.7 cm³/mol. The smallest absolute Gasteiger partial charge is 0.226 e. The number of rotatable bonds is 2. The summed E-state index contributed by atoms with van der Waals surface area (Å²) in [5.74, 6) is 2.52. The molecule has 3 atom stereocenters. The van der Waals surface area contributed by atoms with Crippen LogP contribution in [0, 0.1) is 17.8 Å². The third kappa shape index (κ3) is 2.30. The fourth-order valence-corrected chi connectivity index (χ4v) is 3.88. The topological polar surface area (TPSA) is 49.3 Å². The third-order valence-corrected chi connectivity index (χ3v) is 5.02. The van der Waals surface area contributed by atoms with Crippen molar-refractivity contribution in [3.05, 3.63) is 30.6 Å². The molecule has 3 aliphatic rings. The monoisotopic (exact) mass is 284 g/mol. The second kappa shape index (κ2) is 5.13. The molecule has 5 heteroatoms. The van der Waals surface area contributed by atoms with Crippen LogP contribution in [0.15, 0.2) is 30.6 Å². The molecule has 1 aromatic rings. The molecule has 21 heavy (non-hydrogen) atoms. The largest absolute Gasteiger partial charge is 0.339 e. The van der Waals surface area contributed by atoms with E-state index in [1.807, 2.05) is 11.0 Å². The molecule has 1 aliphatic heterocycles. The molecule has 2 heterocycles. The highest BCUT2D eigenvalue weighted by Crippen LogP contribution is 2.44. The van der Waals surface area contributed by atoms with Gasteiger partial charge in [-0.15, -0.1) is 0 Å². The lowest BCUT2D eigenvalue weighted by molar-refractivity contribution is -0.136. The molecule has 0 unspecified atom stereocenters. The Kier molecular flexibility index (Phi) is 3.13. The summed E-state index contributed by atoms with van der Waals surface area (Å²) in [6.07, 6.45) is 10.3. The van der Waals surface area contributed by atoms with Gasteiger partial charge in [0.25, 0.3) is 0 Å². The van der Waals surface area contributed by atoms with E-state index in [9.17, 15) is 4.79 Å². The summed E-state index contributed by atoms with van der Waals surface area (Å²) < 4.78 is 0. The number of aromatic nitrogens is 2. The molecule has 0 spiro atoms. The van der Waals surface area contributed by atoms with Crippen molar-refractivity contribution in [2.24, 2.45) is 17.8 Å². The van der Waals surface area contributed by atoms with E-state index in [1.165, 1.54) is 6.42 Å². The van der Waals surface area contributed by atoms with Crippen molar-refractivity contribution in [3.63, 3.8) is 0 Å². The van der Waals surface area contributed by atoms with Gasteiger partial charge in [0.2, 0.25) is 11.9 Å². The maximum atomic E-state index is 12.7. The number of nitrogens with zero attached hydrogens (tertiary/aromatic N) is 4. The molecule has 0 N–H and O–H groups in total. The average molecular weight is 284 g/mol. The molecule has 0 aromatic carbocycles. The van der Waals surface area contributed by atoms with E-state index in [4.69, 9.17) is 0 Å². The molecule has 4 rings (SSSR count). The van der Waals surface area contributed by atoms with Crippen molar-refractivity contribution in [3.8, 4) is 0 Å². The number of hydrogen-bond donors (Lipinski definition) is 0. The summed E-state index contributed by atoms with van der Waals surface area (Å²) in [4.78, 5) is 25.4. The van der Waals surface area contributed by atoms with Crippen LogP contribution >= 0.6 is 0 Å². The van der Waals surface area contributed by atoms with Gasteiger partial charge in [0.1, 0.15) is 0 Å². The second-order valence-corrected chi connectivity index (χ2v) is 6.25. The molecule has 2 fully saturated rings. The Labute approximate surface area is 124 Å². The minimum absolute atomic E-state index is 0.236. The van der Waals surface area contributed by atoms with Gasteiger partial charge in [-0.25, -0.2) is 9.97 Å². The van der Waals surface area contributed by atoms with Crippen LogP contribution in [0.4, 0.5) is 5.95 Å². The lowest BCUT2D eigenvalue weighted by atomic mass is 9.92. The van der Waals surface area contributed by atoms with Crippen LogP contribution in [-0.2, 0) is 4.79 Å². The number of hydrogen-bond acceptors (Lipinski definition) is 4. The van der Waals surface area contributed by atoms with E-state index in [1.54, 1.807) is 12.4 Å². The fourth-order valence-electron chi connectivity index (χ4n) is 3.88. The highest BCUT2D eigenvalue weighted by molar-refractivity contribution is 5.80. The highest BCUT2D eigenvalue weighted by Gasteiger charge is 2.41. The zero-order valence-electron chi connectivity index (χ0n) is 12.1. The number of amides is 1. The van der Waals surface area contributed by atoms with Gasteiger partial charge in [-0.05, 0) is 30.7 Å². The fraction of sp³-hybridized carbons (Fsp3) is 0.562. The Balaban J connectivity index is 1.37. The Morgan fingerprint density at radius 3 is 2.43 bits per heavy atom. The molecule has 5 nitrogen and oxygen atoms in total. The van der Waals surface area contributed by atoms with Crippen LogP contribution in [0.3, 0.4) is 0 Å². The number of allylic oxidation sites excluding steroid dienone is 2. The first-order valence-corrected chi connectivity index (χ1v) is 7.80. The standard InChI is InChI=1S/C16H20N4O/c21-15(14-11-12-2-3-13(14)10-12)19-6-8-20(9-7-19)16-17-4-1-5-18-16/h1-5,12-14H,6-11H2/t12-,13-,14-/m0/s1. The van der Waals surface area contributed by atoms with Crippen molar-refractivity contribution in [1.82, 2.24) is 14.9 Å². The third-order valence-electron chi connectivity index (χ3n) is 5.02. The number of carbonyl (C=O) groups excluding carboxylic acids is 1. The van der Waals surface area contributed by atoms with Gasteiger partial charge in [0, 0.05) is 44.5 Å². The second-order valence-electron chi connectivity index (χ2n) is 6.25. The number of fused-ring (bicyclic) bond motifs is 2. The van der Waals surface area contributed by atoms with Gasteiger partial charge in [0.05, 0.1) is 0 Å². The van der Waals surface area contributed by atoms with Gasteiger partial charge in [0.15, 0.2) is 0 Å². The van der Waals surface area contributed by atoms with Gasteiger partial charge < -0.3 is 9.80 Å². The van der Waals surface area contributed by atoms with Gasteiger partial charge in [-0.1, -0.05) is 12.2 Å². The van der Waals surface area contributed by atoms with E-state index >= 15 is 0 Å². The van der Waals surface area contributed by atoms with E-state index in [-0.39, 0.29) is 5.92 Å². The molecule has 1 saturated heterocycles. The Hall–Kier alpha value is -1.91. The van der Waals surface area contributed by atoms with Crippen molar-refractivity contribution in [1.29, 1.82) is 0 Å². The molecule has 1 amide bonds. The lowest BCUT2D eigenvalue weighted by Crippen LogP contribution is -2.51. The molecule has 2 aliphatic carbocycles. The van der Waals surface area contributed by atoms with E-state index in [0.717, 1.165) is 38.5 Å². The first-order valence-electron chi connectivity index (χ1n) is 7.80. The molecule has 1 aromatic heterocycles. The van der Waals surface area contributed by atoms with Crippen molar-refractivity contribution in [2.45, 2.75) is 12.8 Å². The van der Waals surface area contributed by atoms with Crippen molar-refractivity contribution < 1.29 is 4.79 Å². The van der Waals surface area contributed by atoms with Gasteiger partial charge >= 0.3 is 0 Å². The maximum Gasteiger partial charge on any atom is 0.226 e. The van der Waals surface area contributed by atoms with E-state index in [2.05, 4.69) is 27.0 Å². The average Bonchev–Trinajstić information content (AvgIpc) is 3.18. The van der Waals surface area contributed by atoms with Crippen molar-refractivity contribution >= 4 is 11.9 Å². The number of anilines is 1. The molecule has 0 radical (unpaired) electrons. The summed E-state index contributed by atoms with van der Waals surface area (Å²) in [6.45, 7) is 3.22. The summed E-state index contributed by atoms with van der Waals surface area (Å²) in [5.41, 5.74) is 0. The first-order chi connectivity index (χ1) is 10.3. The van der Waals surface area contributed by atoms with Crippen LogP contribution in [-0.4, -0.2) is 47.0 Å². The normalized spacial score (nSPS) is 31.0. The van der Waals surface area contributed by atoms with Crippen LogP contribution in [0.2, 0.25) is 0 Å². The summed E-state index contributed by atoms with van der Waals surface area (Å²) in [7, 11) is 0. The minimum atomic E-state index is 0.236. The Bertz CT molecular complexity index is 551. The summed E-state index contributed by atoms with van der Waals surface area (Å²) >= 11 is 0. The van der Waals surface area contributed by atoms with Gasteiger partial charge in [-0.2, -0.15) is 0 Å². The van der Waals surface area contributed by atoms with Crippen LogP contribution in [0.25, 0.3) is 0 Å². The molecular weight excluding hydrogens is 264 g/mol. The van der Waals surface area contributed by atoms with Crippen molar-refractivity contribution in [2.75, 3.05) is 31.1 Å². The van der Waals surface area contributed by atoms with Crippen LogP contribution in [0.1, 0.15) is 12.8 Å². The predicted octanol–water partition coefficient (Wildman–Crippen LogP) is 1.34. The zero-order chi connectivity index (χ0) is 14.2. The molecule has 2 bridgehead atoms. The van der Waals surface area contributed by atoms with Crippen LogP contribution < -0.4 is 4.90 Å². The highest BCUT2D eigenvalue weighted by atomic mass is 16.2.